The average Bonchev–Trinajstić information content (AvgIpc) is 2.66. The molecule has 3 rings (SSSR count). The SMILES string of the molecule is CCOc1c/c(=N\C(=O)Nc2ccc(Cl)c(Cl)c2)cnn1-c1ccccc1. The van der Waals surface area contributed by atoms with Crippen molar-refractivity contribution in [2.24, 2.45) is 4.99 Å². The second-order valence-corrected chi connectivity index (χ2v) is 6.22. The van der Waals surface area contributed by atoms with Crippen LogP contribution in [-0.2, 0) is 0 Å². The second-order valence-electron chi connectivity index (χ2n) is 5.40. The second kappa shape index (κ2) is 8.70. The zero-order valence-corrected chi connectivity index (χ0v) is 15.9. The summed E-state index contributed by atoms with van der Waals surface area (Å²) in [5, 5.41) is 8.08. The van der Waals surface area contributed by atoms with E-state index >= 15 is 0 Å². The first-order valence-corrected chi connectivity index (χ1v) is 8.91. The molecule has 0 aliphatic carbocycles. The molecule has 0 aliphatic rings. The predicted molar refractivity (Wildman–Crippen MR) is 106 cm³/mol. The Morgan fingerprint density at radius 2 is 1.93 bits per heavy atom. The Hall–Kier alpha value is -2.83. The minimum absolute atomic E-state index is 0.346. The van der Waals surface area contributed by atoms with Crippen molar-refractivity contribution < 1.29 is 9.53 Å². The molecule has 2 amide bonds. The minimum atomic E-state index is -0.560. The van der Waals surface area contributed by atoms with Gasteiger partial charge in [-0.2, -0.15) is 10.1 Å². The van der Waals surface area contributed by atoms with Gasteiger partial charge in [-0.25, -0.2) is 9.48 Å². The standard InChI is InChI=1S/C19H16Cl2N4O2/c1-2-27-18-11-14(12-22-25(18)15-6-4-3-5-7-15)24-19(26)23-13-8-9-16(20)17(21)10-13/h3-12H,2H2,1H3,(H,23,26)/b24-14+. The van der Waals surface area contributed by atoms with Gasteiger partial charge in [-0.3, -0.25) is 0 Å². The summed E-state index contributed by atoms with van der Waals surface area (Å²) >= 11 is 11.8. The first-order chi connectivity index (χ1) is 13.1. The molecule has 0 aliphatic heterocycles. The van der Waals surface area contributed by atoms with Crippen molar-refractivity contribution in [3.8, 4) is 11.6 Å². The molecule has 6 nitrogen and oxygen atoms in total. The lowest BCUT2D eigenvalue weighted by Crippen LogP contribution is -2.17. The third-order valence-electron chi connectivity index (χ3n) is 3.48. The fourth-order valence-corrected chi connectivity index (χ4v) is 2.61. The molecule has 0 bridgehead atoms. The Labute approximate surface area is 166 Å². The molecule has 8 heteroatoms. The van der Waals surface area contributed by atoms with Gasteiger partial charge < -0.3 is 10.1 Å². The van der Waals surface area contributed by atoms with Crippen LogP contribution in [-0.4, -0.2) is 22.4 Å². The van der Waals surface area contributed by atoms with Crippen LogP contribution in [0, 0.1) is 0 Å². The number of hydrogen-bond donors (Lipinski definition) is 1. The Kier molecular flexibility index (Phi) is 6.11. The number of aromatic nitrogens is 2. The van der Waals surface area contributed by atoms with Gasteiger partial charge in [-0.05, 0) is 37.3 Å². The lowest BCUT2D eigenvalue weighted by atomic mass is 10.3. The van der Waals surface area contributed by atoms with Gasteiger partial charge in [0.2, 0.25) is 5.88 Å². The van der Waals surface area contributed by atoms with E-state index < -0.39 is 6.03 Å². The van der Waals surface area contributed by atoms with Gasteiger partial charge in [-0.15, -0.1) is 0 Å². The number of halogens is 2. The molecule has 1 heterocycles. The van der Waals surface area contributed by atoms with Crippen molar-refractivity contribution in [2.45, 2.75) is 6.92 Å². The fourth-order valence-electron chi connectivity index (χ4n) is 2.32. The summed E-state index contributed by atoms with van der Waals surface area (Å²) in [7, 11) is 0. The molecule has 0 spiro atoms. The third-order valence-corrected chi connectivity index (χ3v) is 4.22. The van der Waals surface area contributed by atoms with Crippen LogP contribution in [0.4, 0.5) is 10.5 Å². The Morgan fingerprint density at radius 3 is 2.63 bits per heavy atom. The molecule has 0 saturated heterocycles. The number of nitrogens with zero attached hydrogens (tertiary/aromatic N) is 3. The van der Waals surface area contributed by atoms with Crippen molar-refractivity contribution in [2.75, 3.05) is 11.9 Å². The van der Waals surface area contributed by atoms with E-state index in [9.17, 15) is 4.79 Å². The lowest BCUT2D eigenvalue weighted by Gasteiger charge is -2.11. The molecule has 3 aromatic rings. The quantitative estimate of drug-likeness (QED) is 0.686. The summed E-state index contributed by atoms with van der Waals surface area (Å²) in [6.07, 6.45) is 1.49. The molecule has 0 saturated carbocycles. The zero-order valence-electron chi connectivity index (χ0n) is 14.4. The maximum absolute atomic E-state index is 12.2. The van der Waals surface area contributed by atoms with Crippen LogP contribution in [0.5, 0.6) is 5.88 Å². The fraction of sp³-hybridized carbons (Fsp3) is 0.105. The molecule has 27 heavy (non-hydrogen) atoms. The molecule has 0 unspecified atom stereocenters. The van der Waals surface area contributed by atoms with Gasteiger partial charge in [-0.1, -0.05) is 41.4 Å². The van der Waals surface area contributed by atoms with Crippen molar-refractivity contribution >= 4 is 34.9 Å². The van der Waals surface area contributed by atoms with E-state index in [4.69, 9.17) is 27.9 Å². The maximum atomic E-state index is 12.2. The van der Waals surface area contributed by atoms with Gasteiger partial charge in [0.15, 0.2) is 0 Å². The van der Waals surface area contributed by atoms with Crippen molar-refractivity contribution in [1.29, 1.82) is 0 Å². The molecular weight excluding hydrogens is 387 g/mol. The highest BCUT2D eigenvalue weighted by Gasteiger charge is 2.07. The molecule has 0 fully saturated rings. The molecule has 2 aromatic carbocycles. The number of benzene rings is 2. The number of nitrogens with one attached hydrogen (secondary N) is 1. The number of carbonyl (C=O) groups is 1. The molecule has 0 atom stereocenters. The third kappa shape index (κ3) is 4.87. The van der Waals surface area contributed by atoms with Crippen LogP contribution in [0.3, 0.4) is 0 Å². The summed E-state index contributed by atoms with van der Waals surface area (Å²) in [5.74, 6) is 0.479. The molecule has 1 aromatic heterocycles. The number of para-hydroxylation sites is 1. The molecule has 138 valence electrons. The smallest absolute Gasteiger partial charge is 0.345 e. The summed E-state index contributed by atoms with van der Waals surface area (Å²) in [6.45, 7) is 2.32. The Morgan fingerprint density at radius 1 is 1.15 bits per heavy atom. The molecular formula is C19H16Cl2N4O2. The van der Waals surface area contributed by atoms with Gasteiger partial charge in [0.25, 0.3) is 0 Å². The normalized spacial score (nSPS) is 11.3. The lowest BCUT2D eigenvalue weighted by molar-refractivity contribution is 0.259. The Balaban J connectivity index is 1.88. The number of hydrogen-bond acceptors (Lipinski definition) is 3. The van der Waals surface area contributed by atoms with E-state index in [0.717, 1.165) is 5.69 Å². The van der Waals surface area contributed by atoms with E-state index in [1.165, 1.54) is 6.20 Å². The van der Waals surface area contributed by atoms with E-state index in [0.29, 0.717) is 33.6 Å². The van der Waals surface area contributed by atoms with Gasteiger partial charge in [0.1, 0.15) is 0 Å². The van der Waals surface area contributed by atoms with Crippen molar-refractivity contribution in [1.82, 2.24) is 9.78 Å². The number of rotatable bonds is 4. The number of ether oxygens (including phenoxy) is 1. The zero-order chi connectivity index (χ0) is 19.2. The van der Waals surface area contributed by atoms with Crippen molar-refractivity contribution in [3.05, 3.63) is 76.2 Å². The number of amides is 2. The van der Waals surface area contributed by atoms with E-state index in [-0.39, 0.29) is 0 Å². The van der Waals surface area contributed by atoms with Crippen molar-refractivity contribution in [3.63, 3.8) is 0 Å². The monoisotopic (exact) mass is 402 g/mol. The summed E-state index contributed by atoms with van der Waals surface area (Å²) in [5.41, 5.74) is 1.33. The van der Waals surface area contributed by atoms with Crippen LogP contribution in [0.2, 0.25) is 10.0 Å². The van der Waals surface area contributed by atoms with E-state index in [2.05, 4.69) is 15.4 Å². The van der Waals surface area contributed by atoms with Crippen LogP contribution in [0.25, 0.3) is 5.69 Å². The first-order valence-electron chi connectivity index (χ1n) is 8.15. The summed E-state index contributed by atoms with van der Waals surface area (Å²) in [6, 6.07) is 15.4. The summed E-state index contributed by atoms with van der Waals surface area (Å²) in [4.78, 5) is 16.2. The highest BCUT2D eigenvalue weighted by atomic mass is 35.5. The van der Waals surface area contributed by atoms with Gasteiger partial charge in [0.05, 0.1) is 33.9 Å². The molecule has 1 N–H and O–H groups in total. The number of carbonyl (C=O) groups excluding carboxylic acids is 1. The average molecular weight is 403 g/mol. The van der Waals surface area contributed by atoms with Crippen LogP contribution in [0.15, 0.2) is 65.8 Å². The van der Waals surface area contributed by atoms with Crippen LogP contribution < -0.4 is 15.4 Å². The van der Waals surface area contributed by atoms with Gasteiger partial charge in [0, 0.05) is 11.8 Å². The predicted octanol–water partition coefficient (Wildman–Crippen LogP) is 4.71. The number of anilines is 1. The number of urea groups is 1. The largest absolute Gasteiger partial charge is 0.478 e. The van der Waals surface area contributed by atoms with Gasteiger partial charge >= 0.3 is 6.03 Å². The molecule has 0 radical (unpaired) electrons. The topological polar surface area (TPSA) is 68.5 Å². The minimum Gasteiger partial charge on any atom is -0.478 e. The first kappa shape index (κ1) is 18.9. The summed E-state index contributed by atoms with van der Waals surface area (Å²) < 4.78 is 7.28. The maximum Gasteiger partial charge on any atom is 0.345 e. The van der Waals surface area contributed by atoms with E-state index in [1.54, 1.807) is 28.9 Å². The highest BCUT2D eigenvalue weighted by molar-refractivity contribution is 6.42. The highest BCUT2D eigenvalue weighted by Crippen LogP contribution is 2.25. The van der Waals surface area contributed by atoms with E-state index in [1.807, 2.05) is 37.3 Å². The van der Waals surface area contributed by atoms with Crippen LogP contribution in [0.1, 0.15) is 6.92 Å². The van der Waals surface area contributed by atoms with Crippen LogP contribution >= 0.6 is 23.2 Å². The Bertz CT molecular complexity index is 1020.